The number of ether oxygens (including phenoxy) is 1. The molecule has 2 aromatic rings. The molecule has 1 aliphatic heterocycles. The van der Waals surface area contributed by atoms with Crippen molar-refractivity contribution in [3.63, 3.8) is 0 Å². The van der Waals surface area contributed by atoms with Crippen LogP contribution in [0.2, 0.25) is 0 Å². The largest absolute Gasteiger partial charge is 0.494 e. The van der Waals surface area contributed by atoms with Gasteiger partial charge in [0.05, 0.1) is 37.3 Å². The molecule has 0 unspecified atom stereocenters. The van der Waals surface area contributed by atoms with E-state index in [9.17, 15) is 8.42 Å². The maximum absolute atomic E-state index is 11.2. The Morgan fingerprint density at radius 1 is 1.28 bits per heavy atom. The molecule has 0 bridgehead atoms. The summed E-state index contributed by atoms with van der Waals surface area (Å²) in [7, 11) is -3.21. The van der Waals surface area contributed by atoms with Gasteiger partial charge in [0.1, 0.15) is 5.75 Å². The zero-order valence-corrected chi connectivity index (χ0v) is 15.4. The molecule has 0 fully saturated rings. The number of rotatable bonds is 7. The van der Waals surface area contributed by atoms with Gasteiger partial charge in [0, 0.05) is 25.2 Å². The summed E-state index contributed by atoms with van der Waals surface area (Å²) >= 11 is 0. The Morgan fingerprint density at radius 2 is 2.08 bits per heavy atom. The van der Waals surface area contributed by atoms with Crippen LogP contribution in [0.15, 0.2) is 30.3 Å². The van der Waals surface area contributed by atoms with E-state index >= 15 is 0 Å². The molecule has 7 nitrogen and oxygen atoms in total. The highest BCUT2D eigenvalue weighted by molar-refractivity contribution is 7.88. The molecule has 8 heteroatoms. The highest BCUT2D eigenvalue weighted by atomic mass is 32.2. The predicted molar refractivity (Wildman–Crippen MR) is 95.6 cm³/mol. The number of nitrogens with one attached hydrogen (secondary N) is 1. The second-order valence-electron chi connectivity index (χ2n) is 6.19. The summed E-state index contributed by atoms with van der Waals surface area (Å²) in [5.74, 6) is 0.933. The molecule has 1 N–H and O–H groups in total. The minimum atomic E-state index is -3.21. The molecule has 0 spiro atoms. The van der Waals surface area contributed by atoms with Crippen LogP contribution >= 0.6 is 0 Å². The Balaban J connectivity index is 1.66. The summed E-state index contributed by atoms with van der Waals surface area (Å²) in [5.41, 5.74) is 3.03. The molecule has 1 aromatic carbocycles. The predicted octanol–water partition coefficient (Wildman–Crippen LogP) is 1.35. The van der Waals surface area contributed by atoms with Gasteiger partial charge >= 0.3 is 0 Å². The van der Waals surface area contributed by atoms with E-state index in [0.717, 1.165) is 49.6 Å². The quantitative estimate of drug-likeness (QED) is 0.802. The van der Waals surface area contributed by atoms with Gasteiger partial charge in [0.25, 0.3) is 0 Å². The highest BCUT2D eigenvalue weighted by Gasteiger charge is 2.19. The zero-order valence-electron chi connectivity index (χ0n) is 14.6. The lowest BCUT2D eigenvalue weighted by atomic mass is 10.1. The fourth-order valence-electron chi connectivity index (χ4n) is 2.98. The third-order valence-corrected chi connectivity index (χ3v) is 4.78. The Kier molecular flexibility index (Phi) is 5.41. The summed E-state index contributed by atoms with van der Waals surface area (Å²) in [5, 5.41) is 4.48. The zero-order chi connectivity index (χ0) is 17.9. The first-order valence-electron chi connectivity index (χ1n) is 8.38. The normalized spacial score (nSPS) is 15.1. The van der Waals surface area contributed by atoms with Crippen LogP contribution in [0.1, 0.15) is 23.9 Å². The van der Waals surface area contributed by atoms with Gasteiger partial charge in [-0.05, 0) is 19.1 Å². The van der Waals surface area contributed by atoms with Crippen molar-refractivity contribution >= 4 is 10.0 Å². The first kappa shape index (κ1) is 17.9. The van der Waals surface area contributed by atoms with Crippen LogP contribution in [-0.4, -0.2) is 42.5 Å². The van der Waals surface area contributed by atoms with E-state index in [1.807, 2.05) is 35.9 Å². The van der Waals surface area contributed by atoms with E-state index in [1.54, 1.807) is 0 Å². The second kappa shape index (κ2) is 7.55. The van der Waals surface area contributed by atoms with Crippen LogP contribution in [0.4, 0.5) is 0 Å². The molecular weight excluding hydrogens is 340 g/mol. The molecule has 1 aliphatic rings. The van der Waals surface area contributed by atoms with Gasteiger partial charge in [-0.3, -0.25) is 9.58 Å². The lowest BCUT2D eigenvalue weighted by Gasteiger charge is -2.28. The van der Waals surface area contributed by atoms with Crippen molar-refractivity contribution < 1.29 is 13.2 Å². The minimum Gasteiger partial charge on any atom is -0.494 e. The Labute approximate surface area is 148 Å². The van der Waals surface area contributed by atoms with Crippen LogP contribution in [0.25, 0.3) is 0 Å². The lowest BCUT2D eigenvalue weighted by molar-refractivity contribution is 0.201. The molecule has 0 atom stereocenters. The number of aromatic nitrogens is 2. The fourth-order valence-corrected chi connectivity index (χ4v) is 3.39. The maximum atomic E-state index is 11.2. The third-order valence-electron chi connectivity index (χ3n) is 4.11. The van der Waals surface area contributed by atoms with Crippen LogP contribution in [0, 0.1) is 0 Å². The molecule has 0 aliphatic carbocycles. The van der Waals surface area contributed by atoms with Crippen LogP contribution in [0.3, 0.4) is 0 Å². The van der Waals surface area contributed by atoms with Crippen molar-refractivity contribution in [2.45, 2.75) is 33.1 Å². The molecule has 0 radical (unpaired) electrons. The summed E-state index contributed by atoms with van der Waals surface area (Å²) in [4.78, 5) is 2.35. The van der Waals surface area contributed by atoms with E-state index in [0.29, 0.717) is 6.61 Å². The van der Waals surface area contributed by atoms with E-state index < -0.39 is 10.0 Å². The maximum Gasteiger partial charge on any atom is 0.209 e. The van der Waals surface area contributed by atoms with Crippen LogP contribution in [0.5, 0.6) is 5.75 Å². The monoisotopic (exact) mass is 364 g/mol. The first-order valence-corrected chi connectivity index (χ1v) is 10.3. The molecule has 1 aromatic heterocycles. The molecule has 2 heterocycles. The second-order valence-corrected chi connectivity index (χ2v) is 8.03. The van der Waals surface area contributed by atoms with Crippen molar-refractivity contribution in [3.05, 3.63) is 47.3 Å². The van der Waals surface area contributed by atoms with Crippen LogP contribution < -0.4 is 9.46 Å². The van der Waals surface area contributed by atoms with Crippen molar-refractivity contribution in [1.82, 2.24) is 19.4 Å². The third kappa shape index (κ3) is 4.81. The average Bonchev–Trinajstić information content (AvgIpc) is 2.97. The molecule has 0 saturated heterocycles. The number of benzene rings is 1. The molecule has 0 saturated carbocycles. The topological polar surface area (TPSA) is 76.5 Å². The number of sulfonamides is 1. The fraction of sp³-hybridized carbons (Fsp3) is 0.471. The minimum absolute atomic E-state index is 0.228. The van der Waals surface area contributed by atoms with E-state index in [1.165, 1.54) is 5.56 Å². The average molecular weight is 364 g/mol. The van der Waals surface area contributed by atoms with Crippen molar-refractivity contribution in [2.75, 3.05) is 19.4 Å². The van der Waals surface area contributed by atoms with Gasteiger partial charge in [0.2, 0.25) is 10.0 Å². The highest BCUT2D eigenvalue weighted by Crippen LogP contribution is 2.22. The van der Waals surface area contributed by atoms with Crippen molar-refractivity contribution in [1.29, 1.82) is 0 Å². The van der Waals surface area contributed by atoms with Gasteiger partial charge in [-0.1, -0.05) is 18.2 Å². The van der Waals surface area contributed by atoms with Gasteiger partial charge < -0.3 is 4.74 Å². The number of hydrogen-bond donors (Lipinski definition) is 1. The Bertz CT molecular complexity index is 832. The number of nitrogens with zero attached hydrogens (tertiary/aromatic N) is 3. The first-order chi connectivity index (χ1) is 11.9. The van der Waals surface area contributed by atoms with Crippen LogP contribution in [-0.2, 0) is 36.2 Å². The summed E-state index contributed by atoms with van der Waals surface area (Å²) < 4.78 is 32.6. The summed E-state index contributed by atoms with van der Waals surface area (Å²) in [6.45, 7) is 6.17. The molecule has 0 amide bonds. The SMILES string of the molecule is CCOc1ccccc1CN1CCn2nc(CNS(C)(=O)=O)cc2C1. The summed E-state index contributed by atoms with van der Waals surface area (Å²) in [6, 6.07) is 10.1. The molecule has 3 rings (SSSR count). The number of para-hydroxylation sites is 1. The molecular formula is C17H24N4O3S. The number of hydrogen-bond acceptors (Lipinski definition) is 5. The van der Waals surface area contributed by atoms with Gasteiger partial charge in [-0.2, -0.15) is 5.10 Å². The van der Waals surface area contributed by atoms with Crippen molar-refractivity contribution in [3.8, 4) is 5.75 Å². The van der Waals surface area contributed by atoms with E-state index in [2.05, 4.69) is 20.8 Å². The lowest BCUT2D eigenvalue weighted by Crippen LogP contribution is -2.33. The Morgan fingerprint density at radius 3 is 2.84 bits per heavy atom. The molecule has 136 valence electrons. The van der Waals surface area contributed by atoms with Gasteiger partial charge in [0.15, 0.2) is 0 Å². The standard InChI is InChI=1S/C17H24N4O3S/c1-3-24-17-7-5-4-6-14(17)12-20-8-9-21-16(13-20)10-15(19-21)11-18-25(2,22)23/h4-7,10,18H,3,8-9,11-13H2,1-2H3. The smallest absolute Gasteiger partial charge is 0.209 e. The van der Waals surface area contributed by atoms with E-state index in [-0.39, 0.29) is 6.54 Å². The van der Waals surface area contributed by atoms with Gasteiger partial charge in [-0.15, -0.1) is 0 Å². The van der Waals surface area contributed by atoms with Gasteiger partial charge in [-0.25, -0.2) is 13.1 Å². The van der Waals surface area contributed by atoms with Crippen molar-refractivity contribution in [2.24, 2.45) is 0 Å². The van der Waals surface area contributed by atoms with E-state index in [4.69, 9.17) is 4.74 Å². The molecule has 25 heavy (non-hydrogen) atoms. The Hall–Kier alpha value is -1.90. The number of fused-ring (bicyclic) bond motifs is 1. The summed E-state index contributed by atoms with van der Waals surface area (Å²) in [6.07, 6.45) is 1.15.